The molecule has 0 aliphatic carbocycles. The highest BCUT2D eigenvalue weighted by Crippen LogP contribution is 2.50. The monoisotopic (exact) mass is 720 g/mol. The van der Waals surface area contributed by atoms with E-state index in [-0.39, 0.29) is 18.1 Å². The van der Waals surface area contributed by atoms with E-state index in [0.29, 0.717) is 43.7 Å². The molecular weight excluding hydrogens is 682 g/mol. The largest absolute Gasteiger partial charge is 0.440 e. The van der Waals surface area contributed by atoms with Crippen molar-refractivity contribution in [1.82, 2.24) is 0 Å². The Hall–Kier alpha value is -4.26. The summed E-state index contributed by atoms with van der Waals surface area (Å²) in [5, 5.41) is 4.25. The van der Waals surface area contributed by atoms with Gasteiger partial charge in [-0.15, -0.1) is 0 Å². The molecule has 2 unspecified atom stereocenters. The van der Waals surface area contributed by atoms with Gasteiger partial charge in [-0.25, -0.2) is 0 Å². The lowest BCUT2D eigenvalue weighted by molar-refractivity contribution is -0.183. The Kier molecular flexibility index (Phi) is 10.6. The molecule has 0 aromatic heterocycles. The predicted octanol–water partition coefficient (Wildman–Crippen LogP) is 10.8. The maximum absolute atomic E-state index is 6.65. The SMILES string of the molecule is Cc1cc2ccccc2c(-c2c(OPOc3ccccc3C3OCCCO3)ccc3ccccc23)c1OPOc1ccccc1C1OCCCO1. The summed E-state index contributed by atoms with van der Waals surface area (Å²) in [5.74, 6) is 2.73. The second-order valence-corrected chi connectivity index (χ2v) is 13.4. The Labute approximate surface area is 300 Å². The Morgan fingerprint density at radius 2 is 0.980 bits per heavy atom. The van der Waals surface area contributed by atoms with Gasteiger partial charge in [0.05, 0.1) is 37.6 Å². The molecule has 2 atom stereocenters. The van der Waals surface area contributed by atoms with E-state index in [2.05, 4.69) is 49.4 Å². The Morgan fingerprint density at radius 3 is 1.61 bits per heavy atom. The van der Waals surface area contributed by atoms with E-state index in [4.69, 9.17) is 37.0 Å². The second kappa shape index (κ2) is 16.0. The van der Waals surface area contributed by atoms with Crippen LogP contribution in [0.1, 0.15) is 42.1 Å². The number of para-hydroxylation sites is 2. The summed E-state index contributed by atoms with van der Waals surface area (Å²) in [6.45, 7) is 4.65. The van der Waals surface area contributed by atoms with E-state index in [1.807, 2.05) is 72.8 Å². The van der Waals surface area contributed by atoms with E-state index >= 15 is 0 Å². The van der Waals surface area contributed by atoms with Crippen LogP contribution in [0.5, 0.6) is 23.0 Å². The van der Waals surface area contributed by atoms with E-state index < -0.39 is 12.6 Å². The van der Waals surface area contributed by atoms with Crippen molar-refractivity contribution in [2.24, 2.45) is 0 Å². The maximum Gasteiger partial charge on any atom is 0.275 e. The van der Waals surface area contributed by atoms with Crippen molar-refractivity contribution >= 4 is 39.6 Å². The molecule has 6 aromatic rings. The van der Waals surface area contributed by atoms with Gasteiger partial charge in [-0.3, -0.25) is 0 Å². The quantitative estimate of drug-likeness (QED) is 0.123. The van der Waals surface area contributed by atoms with Crippen LogP contribution >= 0.6 is 18.1 Å². The fraction of sp³-hybridized carbons (Fsp3) is 0.220. The summed E-state index contributed by atoms with van der Waals surface area (Å²) in [4.78, 5) is 0. The van der Waals surface area contributed by atoms with Crippen molar-refractivity contribution in [2.45, 2.75) is 32.3 Å². The minimum absolute atomic E-state index is 0.335. The summed E-state index contributed by atoms with van der Waals surface area (Å²) < 4.78 is 49.4. The molecule has 51 heavy (non-hydrogen) atoms. The fourth-order valence-electron chi connectivity index (χ4n) is 6.53. The molecule has 10 heteroatoms. The summed E-state index contributed by atoms with van der Waals surface area (Å²) in [6, 6.07) is 38.5. The highest BCUT2D eigenvalue weighted by Gasteiger charge is 2.24. The number of benzene rings is 6. The molecular formula is C41H38O8P2. The standard InChI is InChI=1S/C41H38O8P2/c1-27-26-29-13-3-5-15-31(29)38(39(27)49-51-47-35-19-9-7-17-33(35)41-44-24-11-25-45-41)37-30-14-4-2-12-28(30)20-21-36(37)48-50-46-34-18-8-6-16-32(34)40-42-22-10-23-43-40/h2-9,12-21,26,40-41,50-51H,10-11,22-25H2,1H3. The van der Waals surface area contributed by atoms with Gasteiger partial charge in [0, 0.05) is 11.1 Å². The highest BCUT2D eigenvalue weighted by molar-refractivity contribution is 7.27. The first-order chi connectivity index (χ1) is 25.2. The minimum Gasteiger partial charge on any atom is -0.440 e. The minimum atomic E-state index is -0.467. The van der Waals surface area contributed by atoms with Gasteiger partial charge in [0.1, 0.15) is 23.0 Å². The van der Waals surface area contributed by atoms with Crippen molar-refractivity contribution in [3.8, 4) is 34.1 Å². The van der Waals surface area contributed by atoms with Gasteiger partial charge < -0.3 is 37.0 Å². The zero-order chi connectivity index (χ0) is 34.4. The topological polar surface area (TPSA) is 73.8 Å². The maximum atomic E-state index is 6.65. The van der Waals surface area contributed by atoms with Gasteiger partial charge in [-0.2, -0.15) is 0 Å². The van der Waals surface area contributed by atoms with Crippen LogP contribution in [0.25, 0.3) is 32.7 Å². The van der Waals surface area contributed by atoms with Crippen LogP contribution in [0, 0.1) is 6.92 Å². The van der Waals surface area contributed by atoms with Crippen LogP contribution in [0.3, 0.4) is 0 Å². The third kappa shape index (κ3) is 7.40. The van der Waals surface area contributed by atoms with Crippen molar-refractivity contribution in [3.05, 3.63) is 132 Å². The van der Waals surface area contributed by atoms with Gasteiger partial charge in [0.2, 0.25) is 0 Å². The molecule has 0 amide bonds. The van der Waals surface area contributed by atoms with Crippen LogP contribution in [-0.4, -0.2) is 26.4 Å². The predicted molar refractivity (Wildman–Crippen MR) is 202 cm³/mol. The summed E-state index contributed by atoms with van der Waals surface area (Å²) in [7, 11) is -0.671. The summed E-state index contributed by atoms with van der Waals surface area (Å²) >= 11 is 0. The summed E-state index contributed by atoms with van der Waals surface area (Å²) in [5.41, 5.74) is 4.51. The van der Waals surface area contributed by atoms with Crippen molar-refractivity contribution in [2.75, 3.05) is 26.4 Å². The molecule has 8 rings (SSSR count). The lowest BCUT2D eigenvalue weighted by atomic mass is 9.91. The number of ether oxygens (including phenoxy) is 4. The van der Waals surface area contributed by atoms with Crippen molar-refractivity contribution in [3.63, 3.8) is 0 Å². The zero-order valence-corrected chi connectivity index (χ0v) is 30.1. The molecule has 0 radical (unpaired) electrons. The lowest BCUT2D eigenvalue weighted by Crippen LogP contribution is -2.18. The van der Waals surface area contributed by atoms with E-state index in [1.165, 1.54) is 0 Å². The zero-order valence-electron chi connectivity index (χ0n) is 28.1. The van der Waals surface area contributed by atoms with Gasteiger partial charge in [-0.05, 0) is 71.1 Å². The molecule has 2 saturated heterocycles. The molecule has 0 spiro atoms. The van der Waals surface area contributed by atoms with Gasteiger partial charge in [0.15, 0.2) is 12.6 Å². The first-order valence-corrected chi connectivity index (χ1v) is 18.7. The Bertz CT molecular complexity index is 2130. The van der Waals surface area contributed by atoms with Crippen LogP contribution in [0.2, 0.25) is 0 Å². The average Bonchev–Trinajstić information content (AvgIpc) is 3.19. The highest BCUT2D eigenvalue weighted by atomic mass is 31.1. The number of aryl methyl sites for hydroxylation is 1. The van der Waals surface area contributed by atoms with Crippen LogP contribution in [-0.2, 0) is 18.9 Å². The molecule has 2 fully saturated rings. The molecule has 0 N–H and O–H groups in total. The van der Waals surface area contributed by atoms with Gasteiger partial charge >= 0.3 is 0 Å². The molecule has 260 valence electrons. The van der Waals surface area contributed by atoms with E-state index in [1.54, 1.807) is 0 Å². The van der Waals surface area contributed by atoms with E-state index in [0.717, 1.165) is 68.0 Å². The van der Waals surface area contributed by atoms with Crippen LogP contribution < -0.4 is 18.1 Å². The summed E-state index contributed by atoms with van der Waals surface area (Å²) in [6.07, 6.45) is 0.815. The van der Waals surface area contributed by atoms with E-state index in [9.17, 15) is 0 Å². The van der Waals surface area contributed by atoms with Gasteiger partial charge in [0.25, 0.3) is 18.1 Å². The van der Waals surface area contributed by atoms with Crippen LogP contribution in [0.4, 0.5) is 0 Å². The van der Waals surface area contributed by atoms with Crippen LogP contribution in [0.15, 0.2) is 115 Å². The molecule has 8 nitrogen and oxygen atoms in total. The third-order valence-corrected chi connectivity index (χ3v) is 10.1. The van der Waals surface area contributed by atoms with Gasteiger partial charge in [-0.1, -0.05) is 91.0 Å². The molecule has 2 heterocycles. The first kappa shape index (κ1) is 33.9. The molecule has 2 aliphatic rings. The Morgan fingerprint density at radius 1 is 0.490 bits per heavy atom. The second-order valence-electron chi connectivity index (χ2n) is 12.3. The third-order valence-electron chi connectivity index (χ3n) is 8.93. The molecule has 2 aliphatic heterocycles. The Balaban J connectivity index is 1.14. The molecule has 0 saturated carbocycles. The number of rotatable bonds is 11. The lowest BCUT2D eigenvalue weighted by Gasteiger charge is -2.25. The number of hydrogen-bond acceptors (Lipinski definition) is 8. The normalized spacial score (nSPS) is 16.0. The number of hydrogen-bond donors (Lipinski definition) is 0. The fourth-order valence-corrected chi connectivity index (χ4v) is 7.77. The van der Waals surface area contributed by atoms with Crippen molar-refractivity contribution < 1.29 is 37.0 Å². The van der Waals surface area contributed by atoms with Crippen molar-refractivity contribution in [1.29, 1.82) is 0 Å². The molecule has 0 bridgehead atoms. The smallest absolute Gasteiger partial charge is 0.275 e. The first-order valence-electron chi connectivity index (χ1n) is 17.1. The molecule has 6 aromatic carbocycles. The average molecular weight is 721 g/mol. The number of fused-ring (bicyclic) bond motifs is 2.